The molecule has 1 fully saturated rings. The molecule has 1 aromatic heterocycles. The maximum Gasteiger partial charge on any atom is 0.191 e. The molecule has 21 heavy (non-hydrogen) atoms. The van der Waals surface area contributed by atoms with Crippen LogP contribution in [0.3, 0.4) is 0 Å². The van der Waals surface area contributed by atoms with E-state index in [4.69, 9.17) is 0 Å². The van der Waals surface area contributed by atoms with Crippen LogP contribution in [0.1, 0.15) is 49.4 Å². The zero-order valence-electron chi connectivity index (χ0n) is 13.5. The first kappa shape index (κ1) is 16.3. The summed E-state index contributed by atoms with van der Waals surface area (Å²) in [4.78, 5) is 10.1. The third kappa shape index (κ3) is 5.30. The van der Waals surface area contributed by atoms with Gasteiger partial charge in [-0.05, 0) is 38.0 Å². The molecule has 1 aliphatic rings. The molecule has 1 aliphatic carbocycles. The van der Waals surface area contributed by atoms with Crippen molar-refractivity contribution in [1.82, 2.24) is 15.6 Å². The Kier molecular flexibility index (Phi) is 6.49. The smallest absolute Gasteiger partial charge is 0.191 e. The van der Waals surface area contributed by atoms with Gasteiger partial charge in [0, 0.05) is 37.1 Å². The number of nitrogens with zero attached hydrogens (tertiary/aromatic N) is 2. The average Bonchev–Trinajstić information content (AvgIpc) is 2.96. The number of nitrogens with one attached hydrogen (secondary N) is 2. The minimum Gasteiger partial charge on any atom is -0.356 e. The topological polar surface area (TPSA) is 49.3 Å². The highest BCUT2D eigenvalue weighted by Gasteiger charge is 2.18. The molecule has 0 bridgehead atoms. The summed E-state index contributed by atoms with van der Waals surface area (Å²) in [5, 5.41) is 8.17. The van der Waals surface area contributed by atoms with Crippen LogP contribution >= 0.6 is 11.3 Å². The van der Waals surface area contributed by atoms with E-state index in [2.05, 4.69) is 34.5 Å². The Morgan fingerprint density at radius 3 is 2.76 bits per heavy atom. The molecule has 0 radical (unpaired) electrons. The molecule has 1 aromatic rings. The summed E-state index contributed by atoms with van der Waals surface area (Å²) in [5.41, 5.74) is 0. The second kappa shape index (κ2) is 8.37. The Labute approximate surface area is 132 Å². The minimum absolute atomic E-state index is 0.582. The van der Waals surface area contributed by atoms with Gasteiger partial charge in [-0.1, -0.05) is 13.8 Å². The summed E-state index contributed by atoms with van der Waals surface area (Å²) in [6.07, 6.45) is 9.21. The zero-order chi connectivity index (χ0) is 15.1. The Morgan fingerprint density at radius 2 is 2.14 bits per heavy atom. The highest BCUT2D eigenvalue weighted by Crippen LogP contribution is 2.23. The van der Waals surface area contributed by atoms with E-state index in [0.717, 1.165) is 31.3 Å². The van der Waals surface area contributed by atoms with Gasteiger partial charge in [0.05, 0.1) is 5.01 Å². The highest BCUT2D eigenvalue weighted by molar-refractivity contribution is 7.11. The molecular formula is C16H28N4S. The van der Waals surface area contributed by atoms with Crippen molar-refractivity contribution in [3.8, 4) is 0 Å². The van der Waals surface area contributed by atoms with E-state index in [1.807, 2.05) is 24.6 Å². The van der Waals surface area contributed by atoms with Crippen LogP contribution in [-0.4, -0.2) is 30.6 Å². The van der Waals surface area contributed by atoms with E-state index in [0.29, 0.717) is 6.04 Å². The molecule has 2 rings (SSSR count). The van der Waals surface area contributed by atoms with Crippen molar-refractivity contribution < 1.29 is 0 Å². The van der Waals surface area contributed by atoms with Gasteiger partial charge in [0.15, 0.2) is 5.96 Å². The summed E-state index contributed by atoms with van der Waals surface area (Å²) in [7, 11) is 1.85. The summed E-state index contributed by atoms with van der Waals surface area (Å²) in [5.74, 6) is 1.82. The maximum absolute atomic E-state index is 4.45. The van der Waals surface area contributed by atoms with Gasteiger partial charge in [-0.15, -0.1) is 11.3 Å². The van der Waals surface area contributed by atoms with E-state index < -0.39 is 0 Å². The normalized spacial score (nSPS) is 23.1. The van der Waals surface area contributed by atoms with Gasteiger partial charge in [-0.2, -0.15) is 0 Å². The summed E-state index contributed by atoms with van der Waals surface area (Å²) < 4.78 is 0. The molecule has 0 aromatic carbocycles. The predicted octanol–water partition coefficient (Wildman–Crippen LogP) is 2.99. The van der Waals surface area contributed by atoms with Crippen molar-refractivity contribution in [3.63, 3.8) is 0 Å². The molecule has 0 atom stereocenters. The number of aryl methyl sites for hydroxylation is 1. The molecular weight excluding hydrogens is 280 g/mol. The van der Waals surface area contributed by atoms with E-state index in [1.54, 1.807) is 0 Å². The molecule has 5 heteroatoms. The standard InChI is InChI=1S/C16H28N4S/c1-4-14-11-19-15(21-14)9-10-18-16(17-3)20-13-7-5-12(2)6-8-13/h11-13H,4-10H2,1-3H3,(H2,17,18,20). The van der Waals surface area contributed by atoms with Gasteiger partial charge in [-0.3, -0.25) is 4.99 Å². The lowest BCUT2D eigenvalue weighted by Gasteiger charge is -2.28. The lowest BCUT2D eigenvalue weighted by Crippen LogP contribution is -2.45. The first-order chi connectivity index (χ1) is 10.2. The summed E-state index contributed by atoms with van der Waals surface area (Å²) in [6, 6.07) is 0.582. The SMILES string of the molecule is CCc1cnc(CCNC(=NC)NC2CCC(C)CC2)s1. The summed E-state index contributed by atoms with van der Waals surface area (Å²) in [6.45, 7) is 5.41. The molecule has 0 spiro atoms. The van der Waals surface area contributed by atoms with Crippen LogP contribution < -0.4 is 10.6 Å². The van der Waals surface area contributed by atoms with Crippen molar-refractivity contribution in [1.29, 1.82) is 0 Å². The van der Waals surface area contributed by atoms with Crippen LogP contribution in [0.4, 0.5) is 0 Å². The van der Waals surface area contributed by atoms with Gasteiger partial charge in [0.2, 0.25) is 0 Å². The van der Waals surface area contributed by atoms with Crippen molar-refractivity contribution in [2.45, 2.75) is 58.4 Å². The number of aromatic nitrogens is 1. The average molecular weight is 308 g/mol. The molecule has 0 aliphatic heterocycles. The highest BCUT2D eigenvalue weighted by atomic mass is 32.1. The van der Waals surface area contributed by atoms with Crippen molar-refractivity contribution in [3.05, 3.63) is 16.1 Å². The fraction of sp³-hybridized carbons (Fsp3) is 0.750. The number of hydrogen-bond acceptors (Lipinski definition) is 3. The fourth-order valence-corrected chi connectivity index (χ4v) is 3.57. The molecule has 0 unspecified atom stereocenters. The first-order valence-electron chi connectivity index (χ1n) is 8.12. The maximum atomic E-state index is 4.45. The lowest BCUT2D eigenvalue weighted by atomic mass is 9.87. The van der Waals surface area contributed by atoms with Crippen molar-refractivity contribution in [2.24, 2.45) is 10.9 Å². The zero-order valence-corrected chi connectivity index (χ0v) is 14.3. The van der Waals surface area contributed by atoms with Crippen LogP contribution in [-0.2, 0) is 12.8 Å². The second-order valence-corrected chi connectivity index (χ2v) is 7.12. The molecule has 118 valence electrons. The van der Waals surface area contributed by atoms with Gasteiger partial charge < -0.3 is 10.6 Å². The monoisotopic (exact) mass is 308 g/mol. The minimum atomic E-state index is 0.582. The molecule has 2 N–H and O–H groups in total. The Hall–Kier alpha value is -1.10. The Balaban J connectivity index is 1.70. The number of guanidine groups is 1. The van der Waals surface area contributed by atoms with Gasteiger partial charge in [0.1, 0.15) is 0 Å². The van der Waals surface area contributed by atoms with Crippen LogP contribution in [0.2, 0.25) is 0 Å². The number of aliphatic imine (C=N–C) groups is 1. The van der Waals surface area contributed by atoms with E-state index in [-0.39, 0.29) is 0 Å². The van der Waals surface area contributed by atoms with Gasteiger partial charge in [0.25, 0.3) is 0 Å². The van der Waals surface area contributed by atoms with Gasteiger partial charge in [-0.25, -0.2) is 4.98 Å². The van der Waals surface area contributed by atoms with Crippen LogP contribution in [0.15, 0.2) is 11.2 Å². The molecule has 4 nitrogen and oxygen atoms in total. The van der Waals surface area contributed by atoms with Crippen LogP contribution in [0, 0.1) is 5.92 Å². The van der Waals surface area contributed by atoms with Crippen molar-refractivity contribution in [2.75, 3.05) is 13.6 Å². The van der Waals surface area contributed by atoms with Crippen LogP contribution in [0.5, 0.6) is 0 Å². The van der Waals surface area contributed by atoms with Crippen LogP contribution in [0.25, 0.3) is 0 Å². The summed E-state index contributed by atoms with van der Waals surface area (Å²) >= 11 is 1.82. The third-order valence-corrected chi connectivity index (χ3v) is 5.36. The van der Waals surface area contributed by atoms with Crippen molar-refractivity contribution >= 4 is 17.3 Å². The lowest BCUT2D eigenvalue weighted by molar-refractivity contribution is 0.329. The fourth-order valence-electron chi connectivity index (χ4n) is 2.71. The molecule has 1 heterocycles. The number of hydrogen-bond donors (Lipinski definition) is 2. The number of thiazole rings is 1. The Morgan fingerprint density at radius 1 is 1.38 bits per heavy atom. The first-order valence-corrected chi connectivity index (χ1v) is 8.93. The second-order valence-electron chi connectivity index (χ2n) is 5.92. The van der Waals surface area contributed by atoms with E-state index >= 15 is 0 Å². The molecule has 0 saturated heterocycles. The largest absolute Gasteiger partial charge is 0.356 e. The number of rotatable bonds is 5. The quantitative estimate of drug-likeness (QED) is 0.649. The predicted molar refractivity (Wildman–Crippen MR) is 91.1 cm³/mol. The third-order valence-electron chi connectivity index (χ3n) is 4.16. The Bertz CT molecular complexity index is 447. The van der Waals surface area contributed by atoms with E-state index in [1.165, 1.54) is 35.6 Å². The van der Waals surface area contributed by atoms with Gasteiger partial charge >= 0.3 is 0 Å². The van der Waals surface area contributed by atoms with E-state index in [9.17, 15) is 0 Å². The molecule has 0 amide bonds. The molecule has 1 saturated carbocycles.